The zero-order valence-electron chi connectivity index (χ0n) is 12.6. The molecule has 0 saturated carbocycles. The molecule has 3 rings (SSSR count). The van der Waals surface area contributed by atoms with Gasteiger partial charge in [0.15, 0.2) is 0 Å². The molecular formula is C20H17N2O. The molecule has 23 heavy (non-hydrogen) atoms. The smallest absolute Gasteiger partial charge is 0.251 e. The molecule has 3 heteroatoms. The summed E-state index contributed by atoms with van der Waals surface area (Å²) in [6.07, 6.45) is 4.36. The van der Waals surface area contributed by atoms with Gasteiger partial charge >= 0.3 is 0 Å². The van der Waals surface area contributed by atoms with E-state index in [4.69, 9.17) is 5.73 Å². The normalized spacial score (nSPS) is 10.4. The van der Waals surface area contributed by atoms with Crippen molar-refractivity contribution < 1.29 is 4.79 Å². The van der Waals surface area contributed by atoms with Crippen LogP contribution < -0.4 is 5.73 Å². The molecular weight excluding hydrogens is 284 g/mol. The minimum atomic E-state index is -0.462. The first kappa shape index (κ1) is 15.0. The molecule has 0 spiro atoms. The summed E-state index contributed by atoms with van der Waals surface area (Å²) in [5.74, 6) is -0.462. The van der Waals surface area contributed by atoms with E-state index < -0.39 is 5.91 Å². The van der Waals surface area contributed by atoms with Crippen molar-refractivity contribution in [2.75, 3.05) is 0 Å². The Morgan fingerprint density at radius 1 is 0.957 bits per heavy atom. The Hall–Kier alpha value is -2.94. The topological polar surface area (TPSA) is 56.0 Å². The second-order valence-corrected chi connectivity index (χ2v) is 5.24. The molecule has 0 bridgehead atoms. The molecule has 1 aromatic heterocycles. The molecule has 1 radical (unpaired) electrons. The summed E-state index contributed by atoms with van der Waals surface area (Å²) < 4.78 is 0. The molecule has 2 aromatic carbocycles. The predicted octanol–water partition coefficient (Wildman–Crippen LogP) is 3.64. The summed E-state index contributed by atoms with van der Waals surface area (Å²) in [6.45, 7) is 0. The molecule has 0 aliphatic rings. The molecule has 3 nitrogen and oxygen atoms in total. The summed E-state index contributed by atoms with van der Waals surface area (Å²) in [6, 6.07) is 21.6. The number of carbonyl (C=O) groups excluding carboxylic acids is 1. The highest BCUT2D eigenvalue weighted by atomic mass is 16.1. The Labute approximate surface area is 135 Å². The van der Waals surface area contributed by atoms with Crippen molar-refractivity contribution in [2.45, 2.75) is 6.42 Å². The summed E-state index contributed by atoms with van der Waals surface area (Å²) in [4.78, 5) is 16.3. The SMILES string of the molecule is NC(=O)c1c(-c2ccccc2)ccnc1[CH]Cc1ccccc1. The first-order valence-electron chi connectivity index (χ1n) is 7.47. The van der Waals surface area contributed by atoms with Gasteiger partial charge < -0.3 is 5.73 Å². The second kappa shape index (κ2) is 6.88. The summed E-state index contributed by atoms with van der Waals surface area (Å²) in [5.41, 5.74) is 9.65. The standard InChI is InChI=1S/C20H17N2O/c21-20(23)19-17(16-9-5-2-6-10-16)13-14-22-18(19)12-11-15-7-3-1-4-8-15/h1-10,12-14H,11H2,(H2,21,23). The third kappa shape index (κ3) is 3.46. The molecule has 1 amide bonds. The fourth-order valence-electron chi connectivity index (χ4n) is 2.58. The van der Waals surface area contributed by atoms with Gasteiger partial charge in [-0.1, -0.05) is 60.7 Å². The average Bonchev–Trinajstić information content (AvgIpc) is 2.61. The van der Waals surface area contributed by atoms with E-state index in [0.29, 0.717) is 17.7 Å². The van der Waals surface area contributed by atoms with Gasteiger partial charge in [0.05, 0.1) is 11.3 Å². The van der Waals surface area contributed by atoms with Crippen molar-refractivity contribution in [1.82, 2.24) is 4.98 Å². The van der Waals surface area contributed by atoms with Gasteiger partial charge in [-0.3, -0.25) is 9.78 Å². The summed E-state index contributed by atoms with van der Waals surface area (Å²) >= 11 is 0. The number of benzene rings is 2. The fourth-order valence-corrected chi connectivity index (χ4v) is 2.58. The number of nitrogens with two attached hydrogens (primary N) is 1. The van der Waals surface area contributed by atoms with Gasteiger partial charge in [-0.25, -0.2) is 0 Å². The number of primary amides is 1. The van der Waals surface area contributed by atoms with Crippen molar-refractivity contribution in [3.63, 3.8) is 0 Å². The Morgan fingerprint density at radius 3 is 2.26 bits per heavy atom. The molecule has 0 atom stereocenters. The summed E-state index contributed by atoms with van der Waals surface area (Å²) in [5, 5.41) is 0. The lowest BCUT2D eigenvalue weighted by Gasteiger charge is -2.11. The van der Waals surface area contributed by atoms with Crippen LogP contribution in [0.2, 0.25) is 0 Å². The number of carbonyl (C=O) groups is 1. The van der Waals surface area contributed by atoms with E-state index in [9.17, 15) is 4.79 Å². The number of pyridine rings is 1. The second-order valence-electron chi connectivity index (χ2n) is 5.24. The van der Waals surface area contributed by atoms with E-state index in [1.807, 2.05) is 73.2 Å². The third-order valence-corrected chi connectivity index (χ3v) is 3.69. The Bertz CT molecular complexity index is 798. The Morgan fingerprint density at radius 2 is 1.61 bits per heavy atom. The van der Waals surface area contributed by atoms with E-state index >= 15 is 0 Å². The number of nitrogens with zero attached hydrogens (tertiary/aromatic N) is 1. The van der Waals surface area contributed by atoms with Gasteiger partial charge in [0, 0.05) is 12.6 Å². The van der Waals surface area contributed by atoms with Crippen LogP contribution in [-0.2, 0) is 6.42 Å². The van der Waals surface area contributed by atoms with Crippen molar-refractivity contribution >= 4 is 5.91 Å². The zero-order valence-corrected chi connectivity index (χ0v) is 12.6. The van der Waals surface area contributed by atoms with E-state index in [2.05, 4.69) is 4.98 Å². The fraction of sp³-hybridized carbons (Fsp3) is 0.0500. The van der Waals surface area contributed by atoms with Crippen LogP contribution in [0.25, 0.3) is 11.1 Å². The molecule has 0 aliphatic heterocycles. The lowest BCUT2D eigenvalue weighted by molar-refractivity contribution is 0.1000. The monoisotopic (exact) mass is 301 g/mol. The lowest BCUT2D eigenvalue weighted by atomic mass is 9.96. The van der Waals surface area contributed by atoms with E-state index in [1.54, 1.807) is 6.20 Å². The molecule has 2 N–H and O–H groups in total. The van der Waals surface area contributed by atoms with Gasteiger partial charge in [-0.05, 0) is 29.2 Å². The summed E-state index contributed by atoms with van der Waals surface area (Å²) in [7, 11) is 0. The van der Waals surface area contributed by atoms with Crippen LogP contribution in [0.5, 0.6) is 0 Å². The number of hydrogen-bond donors (Lipinski definition) is 1. The number of rotatable bonds is 5. The van der Waals surface area contributed by atoms with Gasteiger partial charge in [0.2, 0.25) is 0 Å². The average molecular weight is 301 g/mol. The minimum absolute atomic E-state index is 0.462. The van der Waals surface area contributed by atoms with Crippen LogP contribution >= 0.6 is 0 Å². The molecule has 0 aliphatic carbocycles. The zero-order chi connectivity index (χ0) is 16.1. The van der Waals surface area contributed by atoms with Crippen molar-refractivity contribution in [1.29, 1.82) is 0 Å². The van der Waals surface area contributed by atoms with Gasteiger partial charge in [0.1, 0.15) is 0 Å². The van der Waals surface area contributed by atoms with Gasteiger partial charge in [-0.15, -0.1) is 0 Å². The van der Waals surface area contributed by atoms with Crippen LogP contribution in [-0.4, -0.2) is 10.9 Å². The molecule has 0 unspecified atom stereocenters. The van der Waals surface area contributed by atoms with Crippen molar-refractivity contribution in [3.8, 4) is 11.1 Å². The van der Waals surface area contributed by atoms with E-state index in [1.165, 1.54) is 0 Å². The maximum Gasteiger partial charge on any atom is 0.251 e. The van der Waals surface area contributed by atoms with Crippen molar-refractivity contribution in [3.05, 3.63) is 96.2 Å². The van der Waals surface area contributed by atoms with E-state index in [-0.39, 0.29) is 0 Å². The molecule has 0 fully saturated rings. The largest absolute Gasteiger partial charge is 0.366 e. The third-order valence-electron chi connectivity index (χ3n) is 3.69. The minimum Gasteiger partial charge on any atom is -0.366 e. The van der Waals surface area contributed by atoms with Crippen LogP contribution in [0.1, 0.15) is 21.6 Å². The first-order valence-corrected chi connectivity index (χ1v) is 7.47. The van der Waals surface area contributed by atoms with Crippen LogP contribution in [0, 0.1) is 6.42 Å². The van der Waals surface area contributed by atoms with Crippen LogP contribution in [0.3, 0.4) is 0 Å². The van der Waals surface area contributed by atoms with Gasteiger partial charge in [-0.2, -0.15) is 0 Å². The quantitative estimate of drug-likeness (QED) is 0.782. The van der Waals surface area contributed by atoms with Crippen molar-refractivity contribution in [2.24, 2.45) is 5.73 Å². The van der Waals surface area contributed by atoms with Crippen LogP contribution in [0.4, 0.5) is 0 Å². The molecule has 1 heterocycles. The Kier molecular flexibility index (Phi) is 4.48. The highest BCUT2D eigenvalue weighted by Crippen LogP contribution is 2.26. The predicted molar refractivity (Wildman–Crippen MR) is 91.7 cm³/mol. The number of aromatic nitrogens is 1. The molecule has 0 saturated heterocycles. The Balaban J connectivity index is 1.96. The first-order chi connectivity index (χ1) is 11.3. The number of amides is 1. The maximum absolute atomic E-state index is 12.0. The highest BCUT2D eigenvalue weighted by Gasteiger charge is 2.16. The van der Waals surface area contributed by atoms with Gasteiger partial charge in [0.25, 0.3) is 5.91 Å². The molecule has 3 aromatic rings. The highest BCUT2D eigenvalue weighted by molar-refractivity contribution is 6.01. The lowest BCUT2D eigenvalue weighted by Crippen LogP contribution is -2.16. The number of hydrogen-bond acceptors (Lipinski definition) is 2. The van der Waals surface area contributed by atoms with Crippen LogP contribution in [0.15, 0.2) is 72.9 Å². The molecule has 113 valence electrons. The maximum atomic E-state index is 12.0. The van der Waals surface area contributed by atoms with E-state index in [0.717, 1.165) is 16.7 Å².